The number of methoxy groups -OCH3 is 2. The maximum Gasteiger partial charge on any atom is 0.341 e. The Kier molecular flexibility index (Phi) is 11.5. The molecule has 2 saturated heterocycles. The molecule has 6 aromatic rings. The number of nitrogens with zero attached hydrogens (tertiary/aromatic N) is 9. The van der Waals surface area contributed by atoms with Crippen molar-refractivity contribution in [1.29, 1.82) is 0 Å². The molecule has 2 aliphatic heterocycles. The second kappa shape index (κ2) is 17.8. The summed E-state index contributed by atoms with van der Waals surface area (Å²) >= 11 is 0. The summed E-state index contributed by atoms with van der Waals surface area (Å²) in [6.07, 6.45) is 6.60. The minimum atomic E-state index is -0.315. The SMILES string of the molecule is COc1ccc(CNc2nc(C)cc3c2CC[C@H]3NC(=O)c2cn(Cc3ccc(N4CC5C(COC(=O)c6cn(Cc7ccc(N8CC9CC9C8)nc7C)nc6C)C5C4)nc3C)nc2C)c(OC)c1. The van der Waals surface area contributed by atoms with Gasteiger partial charge in [0.05, 0.1) is 56.9 Å². The topological polar surface area (TPSA) is 167 Å². The van der Waals surface area contributed by atoms with E-state index in [1.54, 1.807) is 14.2 Å². The van der Waals surface area contributed by atoms with Crippen LogP contribution in [0.15, 0.2) is 60.9 Å². The lowest BCUT2D eigenvalue weighted by atomic mass is 10.1. The molecule has 16 nitrogen and oxygen atoms in total. The number of piperidine rings is 2. The van der Waals surface area contributed by atoms with Crippen molar-refractivity contribution in [2.45, 2.75) is 79.6 Å². The van der Waals surface area contributed by atoms with Gasteiger partial charge in [-0.3, -0.25) is 14.2 Å². The molecule has 2 N–H and O–H groups in total. The van der Waals surface area contributed by atoms with E-state index in [2.05, 4.69) is 62.8 Å². The van der Waals surface area contributed by atoms with Crippen LogP contribution >= 0.6 is 0 Å². The maximum atomic E-state index is 13.8. The van der Waals surface area contributed by atoms with E-state index in [1.807, 2.05) is 67.7 Å². The van der Waals surface area contributed by atoms with Crippen LogP contribution in [0.4, 0.5) is 17.5 Å². The van der Waals surface area contributed by atoms with Gasteiger partial charge in [0.2, 0.25) is 0 Å². The van der Waals surface area contributed by atoms with Crippen LogP contribution in [-0.2, 0) is 30.8 Å². The lowest BCUT2D eigenvalue weighted by Gasteiger charge is -2.22. The average Bonchev–Trinajstić information content (AvgIpc) is 3.71. The minimum absolute atomic E-state index is 0.138. The number of pyridine rings is 3. The zero-order valence-corrected chi connectivity index (χ0v) is 40.6. The Morgan fingerprint density at radius 2 is 1.33 bits per heavy atom. The van der Waals surface area contributed by atoms with E-state index in [0.717, 1.165) is 125 Å². The summed E-state index contributed by atoms with van der Waals surface area (Å²) in [6, 6.07) is 16.2. The Bertz CT molecular complexity index is 2960. The second-order valence-electron chi connectivity index (χ2n) is 19.9. The van der Waals surface area contributed by atoms with E-state index in [1.165, 1.54) is 6.42 Å². The monoisotopic (exact) mass is 931 g/mol. The summed E-state index contributed by atoms with van der Waals surface area (Å²) in [5.74, 6) is 6.87. The van der Waals surface area contributed by atoms with Crippen LogP contribution in [0, 0.1) is 64.2 Å². The van der Waals surface area contributed by atoms with Crippen molar-refractivity contribution in [1.82, 2.24) is 39.8 Å². The van der Waals surface area contributed by atoms with Crippen LogP contribution < -0.4 is 29.9 Å². The van der Waals surface area contributed by atoms with E-state index in [0.29, 0.717) is 66.5 Å². The van der Waals surface area contributed by atoms with E-state index < -0.39 is 0 Å². The third kappa shape index (κ3) is 8.85. The lowest BCUT2D eigenvalue weighted by Crippen LogP contribution is -2.27. The van der Waals surface area contributed by atoms with Crippen molar-refractivity contribution >= 4 is 29.3 Å². The number of rotatable bonds is 16. The first kappa shape index (κ1) is 44.5. The predicted octanol–water partition coefficient (Wildman–Crippen LogP) is 6.95. The zero-order valence-electron chi connectivity index (χ0n) is 40.6. The molecule has 3 aliphatic carbocycles. The number of hydrogen-bond acceptors (Lipinski definition) is 13. The Morgan fingerprint density at radius 1 is 0.710 bits per heavy atom. The fraction of sp³-hybridized carbons (Fsp3) is 0.453. The number of carbonyl (C=O) groups is 2. The Balaban J connectivity index is 0.653. The molecular formula is C53H61N11O5. The number of carbonyl (C=O) groups excluding carboxylic acids is 2. The molecule has 5 aliphatic rings. The number of benzene rings is 1. The smallest absolute Gasteiger partial charge is 0.341 e. The summed E-state index contributed by atoms with van der Waals surface area (Å²) in [5.41, 5.74) is 10.6. The highest BCUT2D eigenvalue weighted by Gasteiger charge is 2.56. The number of aromatic nitrogens is 7. The molecule has 0 radical (unpaired) electrons. The van der Waals surface area contributed by atoms with Crippen LogP contribution in [0.3, 0.4) is 0 Å². The Labute approximate surface area is 402 Å². The van der Waals surface area contributed by atoms with Gasteiger partial charge in [0, 0.05) is 79.7 Å². The molecule has 69 heavy (non-hydrogen) atoms. The van der Waals surface area contributed by atoms with Crippen LogP contribution in [0.1, 0.15) is 95.9 Å². The number of anilines is 3. The van der Waals surface area contributed by atoms with Gasteiger partial charge in [-0.1, -0.05) is 12.1 Å². The van der Waals surface area contributed by atoms with Crippen LogP contribution in [0.2, 0.25) is 0 Å². The van der Waals surface area contributed by atoms with Gasteiger partial charge in [0.25, 0.3) is 5.91 Å². The first-order valence-corrected chi connectivity index (χ1v) is 24.3. The van der Waals surface area contributed by atoms with E-state index in [-0.39, 0.29) is 17.9 Å². The fourth-order valence-electron chi connectivity index (χ4n) is 11.2. The van der Waals surface area contributed by atoms with Crippen LogP contribution in [-0.4, -0.2) is 93.4 Å². The first-order chi connectivity index (χ1) is 33.4. The minimum Gasteiger partial charge on any atom is -0.497 e. The van der Waals surface area contributed by atoms with Gasteiger partial charge in [-0.25, -0.2) is 19.7 Å². The van der Waals surface area contributed by atoms with Crippen LogP contribution in [0.5, 0.6) is 11.5 Å². The lowest BCUT2D eigenvalue weighted by molar-refractivity contribution is 0.0473. The second-order valence-corrected chi connectivity index (χ2v) is 19.9. The fourth-order valence-corrected chi connectivity index (χ4v) is 11.2. The normalized spacial score (nSPS) is 21.7. The number of aryl methyl sites for hydroxylation is 5. The Hall–Kier alpha value is -6.97. The van der Waals surface area contributed by atoms with Crippen molar-refractivity contribution in [2.75, 3.05) is 62.1 Å². The number of esters is 1. The first-order valence-electron chi connectivity index (χ1n) is 24.3. The molecule has 0 spiro atoms. The third-order valence-corrected chi connectivity index (χ3v) is 15.4. The van der Waals surface area contributed by atoms with E-state index >= 15 is 0 Å². The van der Waals surface area contributed by atoms with E-state index in [9.17, 15) is 9.59 Å². The highest BCUT2D eigenvalue weighted by atomic mass is 16.5. The summed E-state index contributed by atoms with van der Waals surface area (Å²) in [6.45, 7) is 15.8. The summed E-state index contributed by atoms with van der Waals surface area (Å²) in [5, 5.41) is 16.2. The quantitative estimate of drug-likeness (QED) is 0.0960. The molecule has 7 heterocycles. The summed E-state index contributed by atoms with van der Waals surface area (Å²) in [7, 11) is 3.29. The molecule has 2 saturated carbocycles. The molecule has 11 rings (SSSR count). The van der Waals surface area contributed by atoms with Gasteiger partial charge in [0.15, 0.2) is 0 Å². The van der Waals surface area contributed by atoms with Gasteiger partial charge >= 0.3 is 5.97 Å². The standard InChI is InChI=1S/C53H61N11O5/c1-29-16-41-40(51(55-29)54-19-34-8-11-39(67-6)18-48(34)68-7)12-13-47(41)58-52(65)42-26-63(59-32(42)4)22-35-10-15-50(57-31(35)3)62-24-44-45(25-62)46(44)28-69-53(66)43-27-64(60-33(43)5)23-36-9-14-49(56-30(36)2)61-20-37-17-38(37)21-61/h8-11,14-16,18,26-27,37-38,44-47H,12-13,17,19-25,28H2,1-7H3,(H,54,55)(H,58,65)/t37?,38?,44?,45?,46?,47-/m1/s1. The van der Waals surface area contributed by atoms with E-state index in [4.69, 9.17) is 34.3 Å². The molecule has 1 amide bonds. The highest BCUT2D eigenvalue weighted by Crippen LogP contribution is 2.52. The van der Waals surface area contributed by atoms with Gasteiger partial charge < -0.3 is 34.6 Å². The third-order valence-electron chi connectivity index (χ3n) is 15.4. The van der Waals surface area contributed by atoms with Crippen LogP contribution in [0.25, 0.3) is 0 Å². The van der Waals surface area contributed by atoms with Gasteiger partial charge in [-0.05, 0) is 130 Å². The number of fused-ring (bicyclic) bond motifs is 3. The van der Waals surface area contributed by atoms with Gasteiger partial charge in [0.1, 0.15) is 34.5 Å². The van der Waals surface area contributed by atoms with Crippen molar-refractivity contribution in [3.8, 4) is 11.5 Å². The Morgan fingerprint density at radius 3 is 1.97 bits per heavy atom. The largest absolute Gasteiger partial charge is 0.497 e. The molecule has 5 atom stereocenters. The molecule has 16 heteroatoms. The highest BCUT2D eigenvalue weighted by molar-refractivity contribution is 5.95. The van der Waals surface area contributed by atoms with Crippen molar-refractivity contribution in [3.63, 3.8) is 0 Å². The number of ether oxygens (including phenoxy) is 3. The average molecular weight is 932 g/mol. The maximum absolute atomic E-state index is 13.8. The molecule has 358 valence electrons. The molecule has 4 unspecified atom stereocenters. The van der Waals surface area contributed by atoms with Crippen molar-refractivity contribution in [2.24, 2.45) is 29.6 Å². The molecule has 5 aromatic heterocycles. The van der Waals surface area contributed by atoms with Crippen molar-refractivity contribution < 1.29 is 23.8 Å². The molecule has 0 bridgehead atoms. The van der Waals surface area contributed by atoms with Gasteiger partial charge in [-0.15, -0.1) is 0 Å². The predicted molar refractivity (Wildman–Crippen MR) is 261 cm³/mol. The molecule has 1 aromatic carbocycles. The summed E-state index contributed by atoms with van der Waals surface area (Å²) < 4.78 is 20.5. The number of nitrogens with one attached hydrogen (secondary N) is 2. The molecular weight excluding hydrogens is 871 g/mol. The van der Waals surface area contributed by atoms with Crippen molar-refractivity contribution in [3.05, 3.63) is 128 Å². The summed E-state index contributed by atoms with van der Waals surface area (Å²) in [4.78, 5) is 46.6. The number of hydrogen-bond donors (Lipinski definition) is 2. The molecule has 4 fully saturated rings. The zero-order chi connectivity index (χ0) is 47.7. The number of amides is 1. The van der Waals surface area contributed by atoms with Gasteiger partial charge in [-0.2, -0.15) is 10.2 Å².